The Labute approximate surface area is 123 Å². The summed E-state index contributed by atoms with van der Waals surface area (Å²) in [4.78, 5) is 23.8. The van der Waals surface area contributed by atoms with Crippen LogP contribution >= 0.6 is 0 Å². The minimum absolute atomic E-state index is 0.110. The maximum atomic E-state index is 12.6. The van der Waals surface area contributed by atoms with Gasteiger partial charge in [-0.15, -0.1) is 0 Å². The zero-order chi connectivity index (χ0) is 14.4. The fourth-order valence-electron chi connectivity index (χ4n) is 2.75. The summed E-state index contributed by atoms with van der Waals surface area (Å²) in [6.45, 7) is 2.58. The Morgan fingerprint density at radius 2 is 2.24 bits per heavy atom. The summed E-state index contributed by atoms with van der Waals surface area (Å²) in [5.41, 5.74) is 2.44. The number of nitrogens with zero attached hydrogens (tertiary/aromatic N) is 3. The first-order valence-electron chi connectivity index (χ1n) is 7.23. The highest BCUT2D eigenvalue weighted by atomic mass is 16.1. The van der Waals surface area contributed by atoms with Crippen LogP contribution in [0, 0.1) is 6.92 Å². The van der Waals surface area contributed by atoms with Crippen LogP contribution in [0.15, 0.2) is 41.1 Å². The lowest BCUT2D eigenvalue weighted by molar-refractivity contribution is -0.112. The van der Waals surface area contributed by atoms with Gasteiger partial charge in [-0.1, -0.05) is 12.2 Å². The van der Waals surface area contributed by atoms with Crippen LogP contribution < -0.4 is 10.2 Å². The molecular formula is C16H16N4O. The molecule has 1 aromatic heterocycles. The van der Waals surface area contributed by atoms with Gasteiger partial charge in [0.25, 0.3) is 5.91 Å². The van der Waals surface area contributed by atoms with Crippen LogP contribution in [0.5, 0.6) is 0 Å². The van der Waals surface area contributed by atoms with E-state index in [2.05, 4.69) is 20.2 Å². The number of carbonyl (C=O) groups excluding carboxylic acids is 1. The van der Waals surface area contributed by atoms with Gasteiger partial charge in [-0.3, -0.25) is 9.79 Å². The van der Waals surface area contributed by atoms with E-state index in [-0.39, 0.29) is 5.91 Å². The van der Waals surface area contributed by atoms with E-state index >= 15 is 0 Å². The number of aryl methyl sites for hydroxylation is 1. The number of pyridine rings is 1. The summed E-state index contributed by atoms with van der Waals surface area (Å²) < 4.78 is 0. The molecular weight excluding hydrogens is 264 g/mol. The minimum Gasteiger partial charge on any atom is -0.318 e. The molecule has 5 heteroatoms. The fourth-order valence-corrected chi connectivity index (χ4v) is 2.75. The zero-order valence-electron chi connectivity index (χ0n) is 11.8. The molecule has 0 aromatic carbocycles. The first-order chi connectivity index (χ1) is 10.3. The van der Waals surface area contributed by atoms with Crippen molar-refractivity contribution in [2.45, 2.75) is 25.8 Å². The second-order valence-electron chi connectivity index (χ2n) is 5.55. The number of carbonyl (C=O) groups is 1. The van der Waals surface area contributed by atoms with Crippen LogP contribution in [0.4, 0.5) is 11.5 Å². The topological polar surface area (TPSA) is 57.6 Å². The molecule has 0 atom stereocenters. The van der Waals surface area contributed by atoms with E-state index in [1.54, 1.807) is 6.20 Å². The highest BCUT2D eigenvalue weighted by Gasteiger charge is 2.39. The molecule has 106 valence electrons. The summed E-state index contributed by atoms with van der Waals surface area (Å²) in [5.74, 6) is 1.45. The third-order valence-corrected chi connectivity index (χ3v) is 3.98. The van der Waals surface area contributed by atoms with Gasteiger partial charge in [0.1, 0.15) is 5.84 Å². The summed E-state index contributed by atoms with van der Waals surface area (Å²) in [6, 6.07) is 2.31. The summed E-state index contributed by atoms with van der Waals surface area (Å²) >= 11 is 0. The van der Waals surface area contributed by atoms with Gasteiger partial charge >= 0.3 is 0 Å². The molecule has 0 saturated heterocycles. The Kier molecular flexibility index (Phi) is 2.67. The van der Waals surface area contributed by atoms with E-state index in [9.17, 15) is 4.79 Å². The maximum absolute atomic E-state index is 12.6. The molecule has 1 amide bonds. The van der Waals surface area contributed by atoms with Crippen LogP contribution in [0.1, 0.15) is 18.4 Å². The smallest absolute Gasteiger partial charge is 0.259 e. The average molecular weight is 280 g/mol. The standard InChI is InChI=1S/C16H16N4O/c1-10-7-9-18-15-13(10)19-16(21)12-4-2-3-8-17-14(12)20(15)11-5-6-11/h2-4,7,9,11H,5-6,8H2,1H3,(H,19,21). The molecule has 1 aliphatic carbocycles. The first-order valence-corrected chi connectivity index (χ1v) is 7.23. The lowest BCUT2D eigenvalue weighted by Gasteiger charge is -2.24. The number of anilines is 2. The second kappa shape index (κ2) is 4.55. The Hall–Kier alpha value is -2.43. The molecule has 0 unspecified atom stereocenters. The molecule has 4 rings (SSSR count). The van der Waals surface area contributed by atoms with Crippen LogP contribution in [0.2, 0.25) is 0 Å². The Morgan fingerprint density at radius 1 is 1.38 bits per heavy atom. The molecule has 1 fully saturated rings. The van der Waals surface area contributed by atoms with Crippen molar-refractivity contribution < 1.29 is 4.79 Å². The molecule has 0 spiro atoms. The predicted molar refractivity (Wildman–Crippen MR) is 82.6 cm³/mol. The summed E-state index contributed by atoms with van der Waals surface area (Å²) in [7, 11) is 0. The average Bonchev–Trinajstić information content (AvgIpc) is 3.28. The summed E-state index contributed by atoms with van der Waals surface area (Å²) in [6.07, 6.45) is 9.72. The number of nitrogens with one attached hydrogen (secondary N) is 1. The number of aliphatic imine (C=N–C) groups is 1. The zero-order valence-corrected chi connectivity index (χ0v) is 11.8. The Morgan fingerprint density at radius 3 is 3.05 bits per heavy atom. The van der Waals surface area contributed by atoms with Gasteiger partial charge in [0.2, 0.25) is 0 Å². The number of amides is 1. The monoisotopic (exact) mass is 280 g/mol. The van der Waals surface area contributed by atoms with Crippen LogP contribution in [0.25, 0.3) is 0 Å². The Bertz CT molecular complexity index is 713. The number of rotatable bonds is 1. The number of allylic oxidation sites excluding steroid dienone is 2. The van der Waals surface area contributed by atoms with Crippen LogP contribution in [-0.4, -0.2) is 29.3 Å². The number of amidine groups is 1. The van der Waals surface area contributed by atoms with Gasteiger partial charge in [0.05, 0.1) is 17.8 Å². The van der Waals surface area contributed by atoms with Gasteiger partial charge in [0, 0.05) is 12.2 Å². The third kappa shape index (κ3) is 1.96. The molecule has 1 saturated carbocycles. The van der Waals surface area contributed by atoms with E-state index < -0.39 is 0 Å². The predicted octanol–water partition coefficient (Wildman–Crippen LogP) is 2.21. The number of aromatic nitrogens is 1. The lowest BCUT2D eigenvalue weighted by atomic mass is 10.2. The van der Waals surface area contributed by atoms with Gasteiger partial charge in [-0.2, -0.15) is 0 Å². The molecule has 3 heterocycles. The van der Waals surface area contributed by atoms with Crippen molar-refractivity contribution in [3.8, 4) is 0 Å². The van der Waals surface area contributed by atoms with Gasteiger partial charge in [-0.05, 0) is 37.5 Å². The molecule has 0 radical (unpaired) electrons. The molecule has 2 aliphatic heterocycles. The van der Waals surface area contributed by atoms with Crippen LogP contribution in [0.3, 0.4) is 0 Å². The highest BCUT2D eigenvalue weighted by molar-refractivity contribution is 6.32. The maximum Gasteiger partial charge on any atom is 0.259 e. The van der Waals surface area contributed by atoms with Gasteiger partial charge < -0.3 is 10.2 Å². The molecule has 3 aliphatic rings. The summed E-state index contributed by atoms with van der Waals surface area (Å²) in [5, 5.41) is 3.00. The van der Waals surface area contributed by atoms with E-state index in [4.69, 9.17) is 0 Å². The van der Waals surface area contributed by atoms with Crippen molar-refractivity contribution in [2.75, 3.05) is 16.8 Å². The quantitative estimate of drug-likeness (QED) is 0.858. The SMILES string of the molecule is Cc1ccnc2c1NC(=O)C1=CC=CCN=C1N2C1CC1. The van der Waals surface area contributed by atoms with Gasteiger partial charge in [0.15, 0.2) is 5.82 Å². The lowest BCUT2D eigenvalue weighted by Crippen LogP contribution is -2.35. The highest BCUT2D eigenvalue weighted by Crippen LogP contribution is 2.39. The number of hydrogen-bond donors (Lipinski definition) is 1. The third-order valence-electron chi connectivity index (χ3n) is 3.98. The van der Waals surface area contributed by atoms with Crippen molar-refractivity contribution in [1.82, 2.24) is 4.98 Å². The largest absolute Gasteiger partial charge is 0.318 e. The second-order valence-corrected chi connectivity index (χ2v) is 5.55. The molecule has 5 nitrogen and oxygen atoms in total. The van der Waals surface area contributed by atoms with Crippen molar-refractivity contribution in [2.24, 2.45) is 4.99 Å². The number of hydrogen-bond acceptors (Lipinski definition) is 4. The Balaban J connectivity index is 1.95. The van der Waals surface area contributed by atoms with E-state index in [1.807, 2.05) is 31.2 Å². The van der Waals surface area contributed by atoms with E-state index in [0.29, 0.717) is 18.2 Å². The van der Waals surface area contributed by atoms with Crippen molar-refractivity contribution >= 4 is 23.2 Å². The molecule has 0 bridgehead atoms. The molecule has 1 aromatic rings. The van der Waals surface area contributed by atoms with Crippen molar-refractivity contribution in [3.05, 3.63) is 41.6 Å². The van der Waals surface area contributed by atoms with Crippen molar-refractivity contribution in [3.63, 3.8) is 0 Å². The fraction of sp³-hybridized carbons (Fsp3) is 0.312. The normalized spacial score (nSPS) is 20.6. The molecule has 1 N–H and O–H groups in total. The minimum atomic E-state index is -0.110. The number of fused-ring (bicyclic) bond motifs is 2. The van der Waals surface area contributed by atoms with E-state index in [1.165, 1.54) is 0 Å². The van der Waals surface area contributed by atoms with Crippen LogP contribution in [-0.2, 0) is 4.79 Å². The van der Waals surface area contributed by atoms with Gasteiger partial charge in [-0.25, -0.2) is 4.98 Å². The molecule has 21 heavy (non-hydrogen) atoms. The van der Waals surface area contributed by atoms with Crippen molar-refractivity contribution in [1.29, 1.82) is 0 Å². The first kappa shape index (κ1) is 12.3. The van der Waals surface area contributed by atoms with E-state index in [0.717, 1.165) is 35.7 Å².